The molecule has 0 aliphatic heterocycles. The molecule has 1 aromatic heterocycles. The van der Waals surface area contributed by atoms with E-state index in [4.69, 9.17) is 16.6 Å². The molecule has 0 saturated carbocycles. The van der Waals surface area contributed by atoms with Crippen molar-refractivity contribution >= 4 is 22.6 Å². The predicted octanol–water partition coefficient (Wildman–Crippen LogP) is 3.86. The molecule has 2 rings (SSSR count). The van der Waals surface area contributed by atoms with Crippen LogP contribution in [0.5, 0.6) is 0 Å². The zero-order chi connectivity index (χ0) is 12.3. The Morgan fingerprint density at radius 2 is 2.12 bits per heavy atom. The van der Waals surface area contributed by atoms with Crippen LogP contribution < -0.4 is 0 Å². The van der Waals surface area contributed by atoms with Gasteiger partial charge in [-0.25, -0.2) is 4.98 Å². The minimum Gasteiger partial charge on any atom is -0.328 e. The molecule has 1 unspecified atom stereocenters. The second-order valence-corrected chi connectivity index (χ2v) is 4.87. The van der Waals surface area contributed by atoms with Crippen LogP contribution in [-0.4, -0.2) is 15.4 Å². The van der Waals surface area contributed by atoms with E-state index in [2.05, 4.69) is 36.6 Å². The molecule has 0 radical (unpaired) electrons. The average molecular weight is 251 g/mol. The summed E-state index contributed by atoms with van der Waals surface area (Å²) >= 11 is 5.84. The first-order chi connectivity index (χ1) is 8.26. The van der Waals surface area contributed by atoms with E-state index in [0.29, 0.717) is 5.92 Å². The van der Waals surface area contributed by atoms with Crippen molar-refractivity contribution in [2.45, 2.75) is 33.2 Å². The molecule has 0 fully saturated rings. The number of nitrogens with zero attached hydrogens (tertiary/aromatic N) is 2. The van der Waals surface area contributed by atoms with Gasteiger partial charge in [-0.05, 0) is 31.4 Å². The maximum Gasteiger partial charge on any atom is 0.109 e. The highest BCUT2D eigenvalue weighted by molar-refractivity contribution is 6.18. The van der Waals surface area contributed by atoms with Crippen LogP contribution in [0.4, 0.5) is 0 Å². The van der Waals surface area contributed by atoms with E-state index in [-0.39, 0.29) is 0 Å². The van der Waals surface area contributed by atoms with Crippen molar-refractivity contribution in [3.8, 4) is 0 Å². The van der Waals surface area contributed by atoms with Gasteiger partial charge >= 0.3 is 0 Å². The van der Waals surface area contributed by atoms with Crippen molar-refractivity contribution in [2.75, 3.05) is 5.88 Å². The summed E-state index contributed by atoms with van der Waals surface area (Å²) in [6.07, 6.45) is 2.11. The molecule has 1 heterocycles. The molecule has 3 heteroatoms. The highest BCUT2D eigenvalue weighted by atomic mass is 35.5. The third-order valence-electron chi connectivity index (χ3n) is 3.17. The van der Waals surface area contributed by atoms with Gasteiger partial charge in [0.2, 0.25) is 0 Å². The number of rotatable bonds is 5. The van der Waals surface area contributed by atoms with E-state index in [9.17, 15) is 0 Å². The normalized spacial score (nSPS) is 13.1. The molecule has 0 aliphatic carbocycles. The SMILES string of the molecule is CCn1c(CCC(C)CCl)nc2ccccc21. The van der Waals surface area contributed by atoms with Gasteiger partial charge in [-0.1, -0.05) is 19.1 Å². The van der Waals surface area contributed by atoms with Crippen LogP contribution in [0.1, 0.15) is 26.1 Å². The maximum absolute atomic E-state index is 5.84. The number of alkyl halides is 1. The van der Waals surface area contributed by atoms with Crippen molar-refractivity contribution in [3.63, 3.8) is 0 Å². The van der Waals surface area contributed by atoms with Gasteiger partial charge in [0.15, 0.2) is 0 Å². The molecule has 0 aliphatic rings. The molecule has 0 bridgehead atoms. The van der Waals surface area contributed by atoms with Gasteiger partial charge in [0.25, 0.3) is 0 Å². The molecule has 17 heavy (non-hydrogen) atoms. The van der Waals surface area contributed by atoms with Crippen molar-refractivity contribution in [1.82, 2.24) is 9.55 Å². The number of imidazole rings is 1. The quantitative estimate of drug-likeness (QED) is 0.737. The highest BCUT2D eigenvalue weighted by Gasteiger charge is 2.10. The van der Waals surface area contributed by atoms with Gasteiger partial charge in [-0.3, -0.25) is 0 Å². The van der Waals surface area contributed by atoms with Gasteiger partial charge in [-0.2, -0.15) is 0 Å². The lowest BCUT2D eigenvalue weighted by atomic mass is 10.1. The third kappa shape index (κ3) is 2.63. The van der Waals surface area contributed by atoms with E-state index < -0.39 is 0 Å². The molecular weight excluding hydrogens is 232 g/mol. The van der Waals surface area contributed by atoms with Crippen LogP contribution in [0, 0.1) is 5.92 Å². The van der Waals surface area contributed by atoms with E-state index in [1.165, 1.54) is 11.3 Å². The lowest BCUT2D eigenvalue weighted by Gasteiger charge is -2.08. The average Bonchev–Trinajstić information content (AvgIpc) is 2.73. The molecule has 2 nitrogen and oxygen atoms in total. The molecule has 2 aromatic rings. The second kappa shape index (κ2) is 5.54. The first-order valence-corrected chi connectivity index (χ1v) is 6.79. The highest BCUT2D eigenvalue weighted by Crippen LogP contribution is 2.18. The van der Waals surface area contributed by atoms with Crippen LogP contribution >= 0.6 is 11.6 Å². The number of fused-ring (bicyclic) bond motifs is 1. The Balaban J connectivity index is 2.27. The Kier molecular flexibility index (Phi) is 4.06. The molecule has 1 aromatic carbocycles. The summed E-state index contributed by atoms with van der Waals surface area (Å²) in [5, 5.41) is 0. The van der Waals surface area contributed by atoms with Gasteiger partial charge in [-0.15, -0.1) is 11.6 Å². The number of hydrogen-bond donors (Lipinski definition) is 0. The number of para-hydroxylation sites is 2. The maximum atomic E-state index is 5.84. The summed E-state index contributed by atoms with van der Waals surface area (Å²) in [5.74, 6) is 2.47. The van der Waals surface area contributed by atoms with Crippen LogP contribution in [0.25, 0.3) is 11.0 Å². The summed E-state index contributed by atoms with van der Waals surface area (Å²) in [5.41, 5.74) is 2.34. The van der Waals surface area contributed by atoms with E-state index in [0.717, 1.165) is 30.8 Å². The first-order valence-electron chi connectivity index (χ1n) is 6.26. The topological polar surface area (TPSA) is 17.8 Å². The van der Waals surface area contributed by atoms with Gasteiger partial charge in [0.05, 0.1) is 11.0 Å². The Morgan fingerprint density at radius 1 is 1.35 bits per heavy atom. The lowest BCUT2D eigenvalue weighted by Crippen LogP contribution is -2.05. The molecule has 0 saturated heterocycles. The predicted molar refractivity (Wildman–Crippen MR) is 73.6 cm³/mol. The van der Waals surface area contributed by atoms with Crippen molar-refractivity contribution in [2.24, 2.45) is 5.92 Å². The number of benzene rings is 1. The van der Waals surface area contributed by atoms with Crippen molar-refractivity contribution < 1.29 is 0 Å². The lowest BCUT2D eigenvalue weighted by molar-refractivity contribution is 0.566. The number of halogens is 1. The summed E-state index contributed by atoms with van der Waals surface area (Å²) in [6.45, 7) is 5.33. The van der Waals surface area contributed by atoms with Crippen LogP contribution in [0.2, 0.25) is 0 Å². The van der Waals surface area contributed by atoms with Crippen LogP contribution in [0.15, 0.2) is 24.3 Å². The molecule has 0 amide bonds. The van der Waals surface area contributed by atoms with Gasteiger partial charge in [0, 0.05) is 18.8 Å². The van der Waals surface area contributed by atoms with Gasteiger partial charge < -0.3 is 4.57 Å². The molecule has 1 atom stereocenters. The Bertz CT molecular complexity index is 490. The smallest absolute Gasteiger partial charge is 0.109 e. The van der Waals surface area contributed by atoms with Gasteiger partial charge in [0.1, 0.15) is 5.82 Å². The summed E-state index contributed by atoms with van der Waals surface area (Å²) in [4.78, 5) is 4.71. The number of aryl methyl sites for hydroxylation is 2. The minimum atomic E-state index is 0.557. The van der Waals surface area contributed by atoms with E-state index in [1.807, 2.05) is 6.07 Å². The molecular formula is C14H19ClN2. The second-order valence-electron chi connectivity index (χ2n) is 4.56. The molecule has 0 N–H and O–H groups in total. The first kappa shape index (κ1) is 12.4. The number of aromatic nitrogens is 2. The largest absolute Gasteiger partial charge is 0.328 e. The Morgan fingerprint density at radius 3 is 2.82 bits per heavy atom. The fourth-order valence-electron chi connectivity index (χ4n) is 2.12. The summed E-state index contributed by atoms with van der Waals surface area (Å²) in [7, 11) is 0. The number of hydrogen-bond acceptors (Lipinski definition) is 1. The van der Waals surface area contributed by atoms with Crippen molar-refractivity contribution in [3.05, 3.63) is 30.1 Å². The zero-order valence-electron chi connectivity index (χ0n) is 10.5. The fourth-order valence-corrected chi connectivity index (χ4v) is 2.28. The third-order valence-corrected chi connectivity index (χ3v) is 3.70. The fraction of sp³-hybridized carbons (Fsp3) is 0.500. The minimum absolute atomic E-state index is 0.557. The van der Waals surface area contributed by atoms with Crippen LogP contribution in [-0.2, 0) is 13.0 Å². The summed E-state index contributed by atoms with van der Waals surface area (Å²) < 4.78 is 2.30. The zero-order valence-corrected chi connectivity index (χ0v) is 11.2. The monoisotopic (exact) mass is 250 g/mol. The van der Waals surface area contributed by atoms with Crippen molar-refractivity contribution in [1.29, 1.82) is 0 Å². The Labute approximate surface area is 108 Å². The standard InChI is InChI=1S/C14H19ClN2/c1-3-17-13-7-5-4-6-12(13)16-14(17)9-8-11(2)10-15/h4-7,11H,3,8-10H2,1-2H3. The van der Waals surface area contributed by atoms with E-state index >= 15 is 0 Å². The van der Waals surface area contributed by atoms with E-state index in [1.54, 1.807) is 0 Å². The van der Waals surface area contributed by atoms with Crippen LogP contribution in [0.3, 0.4) is 0 Å². The Hall–Kier alpha value is -1.02. The molecule has 0 spiro atoms. The summed E-state index contributed by atoms with van der Waals surface area (Å²) in [6, 6.07) is 8.33. The molecule has 92 valence electrons.